The molecule has 0 spiro atoms. The first-order chi connectivity index (χ1) is 9.20. The van der Waals surface area contributed by atoms with Crippen molar-refractivity contribution in [3.63, 3.8) is 0 Å². The minimum atomic E-state index is -4.67. The quantitative estimate of drug-likeness (QED) is 0.860. The fourth-order valence-electron chi connectivity index (χ4n) is 1.68. The van der Waals surface area contributed by atoms with E-state index in [4.69, 9.17) is 23.2 Å². The minimum Gasteiger partial charge on any atom is -0.315 e. The molecule has 3 nitrogen and oxygen atoms in total. The maximum absolute atomic E-state index is 12.6. The van der Waals surface area contributed by atoms with E-state index in [1.165, 1.54) is 18.2 Å². The molecule has 0 radical (unpaired) electrons. The summed E-state index contributed by atoms with van der Waals surface area (Å²) >= 11 is 11.6. The first kappa shape index (κ1) is 14.9. The normalized spacial score (nSPS) is 11.7. The van der Waals surface area contributed by atoms with Gasteiger partial charge in [-0.05, 0) is 25.1 Å². The number of hydrogen-bond donors (Lipinski definition) is 1. The number of nitrogens with zero attached hydrogens (tertiary/aromatic N) is 1. The molecule has 0 aliphatic heterocycles. The molecule has 0 atom stereocenters. The van der Waals surface area contributed by atoms with Crippen molar-refractivity contribution in [1.29, 1.82) is 0 Å². The standard InChI is InChI=1S/C12H7Cl2F3N2O/c1-5-10(12(15,16)17)19-11(20)9(18-5)7-3-2-6(13)4-8(7)14/h2-4H,1H3,(H,19,20). The molecular weight excluding hydrogens is 316 g/mol. The number of halogens is 5. The molecule has 1 aromatic heterocycles. The zero-order valence-electron chi connectivity index (χ0n) is 9.98. The number of aryl methyl sites for hydroxylation is 1. The van der Waals surface area contributed by atoms with Crippen LogP contribution in [0, 0.1) is 6.92 Å². The first-order valence-electron chi connectivity index (χ1n) is 5.33. The first-order valence-corrected chi connectivity index (χ1v) is 6.09. The average Bonchev–Trinajstić information content (AvgIpc) is 2.31. The van der Waals surface area contributed by atoms with Crippen molar-refractivity contribution in [3.05, 3.63) is 50.0 Å². The van der Waals surface area contributed by atoms with Crippen molar-refractivity contribution in [1.82, 2.24) is 9.97 Å². The van der Waals surface area contributed by atoms with Gasteiger partial charge >= 0.3 is 6.18 Å². The van der Waals surface area contributed by atoms with Gasteiger partial charge in [0.1, 0.15) is 11.4 Å². The summed E-state index contributed by atoms with van der Waals surface area (Å²) in [5.74, 6) is 0. The third-order valence-corrected chi connectivity index (χ3v) is 3.11. The molecule has 1 heterocycles. The van der Waals surface area contributed by atoms with Crippen LogP contribution in [-0.4, -0.2) is 9.97 Å². The molecule has 0 saturated carbocycles. The van der Waals surface area contributed by atoms with Gasteiger partial charge in [0, 0.05) is 10.6 Å². The Morgan fingerprint density at radius 1 is 1.25 bits per heavy atom. The van der Waals surface area contributed by atoms with E-state index < -0.39 is 17.4 Å². The highest BCUT2D eigenvalue weighted by Gasteiger charge is 2.35. The van der Waals surface area contributed by atoms with Crippen LogP contribution in [0.15, 0.2) is 23.0 Å². The van der Waals surface area contributed by atoms with Gasteiger partial charge in [0.2, 0.25) is 0 Å². The van der Waals surface area contributed by atoms with E-state index in [1.54, 1.807) is 4.98 Å². The molecule has 1 N–H and O–H groups in total. The van der Waals surface area contributed by atoms with E-state index in [-0.39, 0.29) is 22.0 Å². The van der Waals surface area contributed by atoms with Crippen LogP contribution in [0.4, 0.5) is 13.2 Å². The Morgan fingerprint density at radius 3 is 2.45 bits per heavy atom. The Bertz CT molecular complexity index is 726. The number of benzene rings is 1. The second-order valence-corrected chi connectivity index (χ2v) is 4.84. The Balaban J connectivity index is 2.66. The van der Waals surface area contributed by atoms with Gasteiger partial charge in [-0.15, -0.1) is 0 Å². The predicted octanol–water partition coefficient (Wildman–Crippen LogP) is 4.07. The van der Waals surface area contributed by atoms with Crippen LogP contribution in [0.25, 0.3) is 11.3 Å². The average molecular weight is 323 g/mol. The van der Waals surface area contributed by atoms with E-state index in [2.05, 4.69) is 4.98 Å². The lowest BCUT2D eigenvalue weighted by Crippen LogP contribution is -2.21. The highest BCUT2D eigenvalue weighted by Crippen LogP contribution is 2.31. The number of alkyl halides is 3. The van der Waals surface area contributed by atoms with Crippen molar-refractivity contribution in [2.45, 2.75) is 13.1 Å². The molecule has 0 saturated heterocycles. The predicted molar refractivity (Wildman–Crippen MR) is 70.1 cm³/mol. The molecule has 1 aromatic carbocycles. The number of aromatic amines is 1. The fraction of sp³-hybridized carbons (Fsp3) is 0.167. The molecule has 2 aromatic rings. The zero-order valence-corrected chi connectivity index (χ0v) is 11.5. The van der Waals surface area contributed by atoms with Crippen molar-refractivity contribution in [3.8, 4) is 11.3 Å². The number of nitrogens with one attached hydrogen (secondary N) is 1. The zero-order chi connectivity index (χ0) is 15.1. The molecule has 0 bridgehead atoms. The van der Waals surface area contributed by atoms with E-state index in [1.807, 2.05) is 0 Å². The Kier molecular flexibility index (Phi) is 3.80. The van der Waals surface area contributed by atoms with Gasteiger partial charge in [0.25, 0.3) is 5.56 Å². The molecule has 0 fully saturated rings. The summed E-state index contributed by atoms with van der Waals surface area (Å²) in [6, 6.07) is 4.28. The van der Waals surface area contributed by atoms with Gasteiger partial charge in [0.05, 0.1) is 10.7 Å². The smallest absolute Gasteiger partial charge is 0.315 e. The van der Waals surface area contributed by atoms with Crippen molar-refractivity contribution in [2.75, 3.05) is 0 Å². The van der Waals surface area contributed by atoms with E-state index in [9.17, 15) is 18.0 Å². The summed E-state index contributed by atoms with van der Waals surface area (Å²) in [5, 5.41) is 0.480. The van der Waals surface area contributed by atoms with Gasteiger partial charge in [-0.3, -0.25) is 4.79 Å². The van der Waals surface area contributed by atoms with Gasteiger partial charge < -0.3 is 4.98 Å². The van der Waals surface area contributed by atoms with E-state index in [0.717, 1.165) is 6.92 Å². The Labute approximate surface area is 121 Å². The summed E-state index contributed by atoms with van der Waals surface area (Å²) in [6.07, 6.45) is -4.67. The highest BCUT2D eigenvalue weighted by molar-refractivity contribution is 6.36. The molecule has 0 aliphatic carbocycles. The molecular formula is C12H7Cl2F3N2O. The molecule has 106 valence electrons. The monoisotopic (exact) mass is 322 g/mol. The lowest BCUT2D eigenvalue weighted by molar-refractivity contribution is -0.142. The van der Waals surface area contributed by atoms with Gasteiger partial charge in [-0.1, -0.05) is 23.2 Å². The molecule has 0 unspecified atom stereocenters. The third-order valence-electron chi connectivity index (χ3n) is 2.56. The van der Waals surface area contributed by atoms with Crippen LogP contribution in [0.1, 0.15) is 11.4 Å². The summed E-state index contributed by atoms with van der Waals surface area (Å²) in [6.45, 7) is 1.16. The number of rotatable bonds is 1. The minimum absolute atomic E-state index is 0.134. The lowest BCUT2D eigenvalue weighted by atomic mass is 10.1. The van der Waals surface area contributed by atoms with Crippen molar-refractivity contribution >= 4 is 23.2 Å². The Hall–Kier alpha value is -1.53. The van der Waals surface area contributed by atoms with Crippen molar-refractivity contribution in [2.24, 2.45) is 0 Å². The third kappa shape index (κ3) is 2.81. The second-order valence-electron chi connectivity index (χ2n) is 4.00. The van der Waals surface area contributed by atoms with Crippen LogP contribution >= 0.6 is 23.2 Å². The molecule has 8 heteroatoms. The van der Waals surface area contributed by atoms with Crippen LogP contribution < -0.4 is 5.56 Å². The molecule has 20 heavy (non-hydrogen) atoms. The fourth-order valence-corrected chi connectivity index (χ4v) is 2.18. The van der Waals surface area contributed by atoms with Crippen molar-refractivity contribution < 1.29 is 13.2 Å². The van der Waals surface area contributed by atoms with E-state index >= 15 is 0 Å². The maximum atomic E-state index is 12.6. The van der Waals surface area contributed by atoms with Crippen LogP contribution in [0.5, 0.6) is 0 Å². The summed E-state index contributed by atoms with van der Waals surface area (Å²) in [4.78, 5) is 17.3. The van der Waals surface area contributed by atoms with Gasteiger partial charge in [-0.25, -0.2) is 4.98 Å². The molecule has 2 rings (SSSR count). The molecule has 0 aliphatic rings. The topological polar surface area (TPSA) is 45.8 Å². The molecule has 0 amide bonds. The highest BCUT2D eigenvalue weighted by atomic mass is 35.5. The SMILES string of the molecule is Cc1nc(-c2ccc(Cl)cc2Cl)c(=O)[nH]c1C(F)(F)F. The number of H-pyrrole nitrogens is 1. The van der Waals surface area contributed by atoms with Gasteiger partial charge in [0.15, 0.2) is 0 Å². The lowest BCUT2D eigenvalue weighted by Gasteiger charge is -2.11. The Morgan fingerprint density at radius 2 is 1.90 bits per heavy atom. The summed E-state index contributed by atoms with van der Waals surface area (Å²) in [5.41, 5.74) is -2.44. The summed E-state index contributed by atoms with van der Waals surface area (Å²) < 4.78 is 37.9. The maximum Gasteiger partial charge on any atom is 0.433 e. The summed E-state index contributed by atoms with van der Waals surface area (Å²) in [7, 11) is 0. The number of hydrogen-bond acceptors (Lipinski definition) is 2. The van der Waals surface area contributed by atoms with Crippen LogP contribution in [0.3, 0.4) is 0 Å². The van der Waals surface area contributed by atoms with Gasteiger partial charge in [-0.2, -0.15) is 13.2 Å². The largest absolute Gasteiger partial charge is 0.433 e. The van der Waals surface area contributed by atoms with Crippen LogP contribution in [0.2, 0.25) is 10.0 Å². The van der Waals surface area contributed by atoms with E-state index in [0.29, 0.717) is 5.02 Å². The number of aromatic nitrogens is 2. The van der Waals surface area contributed by atoms with Crippen LogP contribution in [-0.2, 0) is 6.18 Å². The second kappa shape index (κ2) is 5.10.